The number of likely N-dealkylation sites (tertiary alicyclic amines) is 1. The van der Waals surface area contributed by atoms with Gasteiger partial charge in [-0.05, 0) is 48.4 Å². The number of allylic oxidation sites excluding steroid dienone is 1. The molecule has 2 aliphatic heterocycles. The third-order valence-electron chi connectivity index (χ3n) is 5.84. The number of alkyl halides is 1. The number of aromatic hydroxyl groups is 1. The van der Waals surface area contributed by atoms with Crippen molar-refractivity contribution in [3.05, 3.63) is 71.3 Å². The van der Waals surface area contributed by atoms with Gasteiger partial charge in [-0.2, -0.15) is 0 Å². The molecule has 2 aliphatic rings. The van der Waals surface area contributed by atoms with Crippen molar-refractivity contribution in [2.24, 2.45) is 5.92 Å². The molecule has 4 rings (SSSR count). The normalized spacial score (nSPS) is 19.3. The van der Waals surface area contributed by atoms with E-state index >= 15 is 0 Å². The molecule has 1 saturated heterocycles. The first kappa shape index (κ1) is 21.4. The van der Waals surface area contributed by atoms with Gasteiger partial charge in [0.15, 0.2) is 0 Å². The van der Waals surface area contributed by atoms with E-state index in [1.165, 1.54) is 0 Å². The maximum atomic E-state index is 12.5. The van der Waals surface area contributed by atoms with E-state index in [1.807, 2.05) is 37.3 Å². The summed E-state index contributed by atoms with van der Waals surface area (Å²) in [7, 11) is 0. The molecule has 0 aromatic heterocycles. The van der Waals surface area contributed by atoms with E-state index in [0.29, 0.717) is 12.4 Å². The average molecular weight is 426 g/mol. The molecule has 1 fully saturated rings. The average Bonchev–Trinajstić information content (AvgIpc) is 2.75. The molecule has 0 bridgehead atoms. The molecular weight excluding hydrogens is 397 g/mol. The second-order valence-corrected chi connectivity index (χ2v) is 8.04. The van der Waals surface area contributed by atoms with Crippen LogP contribution in [-0.4, -0.2) is 54.6 Å². The van der Waals surface area contributed by atoms with Crippen LogP contribution < -0.4 is 9.47 Å². The molecule has 31 heavy (non-hydrogen) atoms. The second kappa shape index (κ2) is 9.54. The van der Waals surface area contributed by atoms with Gasteiger partial charge in [-0.3, -0.25) is 9.29 Å². The third-order valence-corrected chi connectivity index (χ3v) is 5.84. The SMILES string of the molecule is CC1=C(C=CCO)C(c2ccc(OCCN3CC(CF)C3)cc2)Oc2ccc(O)cc21. The number of hydrogen-bond donors (Lipinski definition) is 2. The smallest absolute Gasteiger partial charge is 0.149 e. The van der Waals surface area contributed by atoms with E-state index in [1.54, 1.807) is 24.3 Å². The molecule has 1 unspecified atom stereocenters. The zero-order chi connectivity index (χ0) is 21.8. The summed E-state index contributed by atoms with van der Waals surface area (Å²) in [4.78, 5) is 2.19. The number of fused-ring (bicyclic) bond motifs is 1. The maximum Gasteiger partial charge on any atom is 0.149 e. The Morgan fingerprint density at radius 1 is 1.19 bits per heavy atom. The number of aliphatic hydroxyl groups excluding tert-OH is 1. The first-order valence-corrected chi connectivity index (χ1v) is 10.6. The van der Waals surface area contributed by atoms with Crippen LogP contribution in [0.5, 0.6) is 17.2 Å². The van der Waals surface area contributed by atoms with Crippen LogP contribution in [0.1, 0.15) is 24.2 Å². The van der Waals surface area contributed by atoms with Gasteiger partial charge in [-0.1, -0.05) is 24.3 Å². The molecule has 0 aliphatic carbocycles. The van der Waals surface area contributed by atoms with Crippen molar-refractivity contribution < 1.29 is 24.1 Å². The molecule has 1 atom stereocenters. The molecule has 164 valence electrons. The lowest BCUT2D eigenvalue weighted by Crippen LogP contribution is -2.49. The Labute approximate surface area is 182 Å². The number of nitrogens with zero attached hydrogens (tertiary/aromatic N) is 1. The molecule has 0 radical (unpaired) electrons. The monoisotopic (exact) mass is 425 g/mol. The van der Waals surface area contributed by atoms with Crippen LogP contribution in [0, 0.1) is 5.92 Å². The predicted octanol–water partition coefficient (Wildman–Crippen LogP) is 4.13. The van der Waals surface area contributed by atoms with Crippen molar-refractivity contribution in [2.75, 3.05) is 39.5 Å². The van der Waals surface area contributed by atoms with E-state index < -0.39 is 0 Å². The highest BCUT2D eigenvalue weighted by atomic mass is 19.1. The van der Waals surface area contributed by atoms with Gasteiger partial charge in [0, 0.05) is 36.7 Å². The summed E-state index contributed by atoms with van der Waals surface area (Å²) in [6.45, 7) is 4.68. The lowest BCUT2D eigenvalue weighted by Gasteiger charge is -2.37. The molecule has 0 saturated carbocycles. The molecule has 0 amide bonds. The van der Waals surface area contributed by atoms with Gasteiger partial charge in [0.1, 0.15) is 30.0 Å². The highest BCUT2D eigenvalue weighted by Gasteiger charge is 2.27. The van der Waals surface area contributed by atoms with Gasteiger partial charge in [0.25, 0.3) is 0 Å². The van der Waals surface area contributed by atoms with Gasteiger partial charge in [-0.25, -0.2) is 0 Å². The molecular formula is C25H28FNO4. The minimum absolute atomic E-state index is 0.0632. The van der Waals surface area contributed by atoms with Crippen LogP contribution in [0.4, 0.5) is 4.39 Å². The fraction of sp³-hybridized carbons (Fsp3) is 0.360. The van der Waals surface area contributed by atoms with Gasteiger partial charge >= 0.3 is 0 Å². The minimum atomic E-state index is -0.326. The number of aliphatic hydroxyl groups is 1. The summed E-state index contributed by atoms with van der Waals surface area (Å²) >= 11 is 0. The summed E-state index contributed by atoms with van der Waals surface area (Å²) in [6, 6.07) is 12.9. The number of ether oxygens (including phenoxy) is 2. The Bertz CT molecular complexity index is 964. The summed E-state index contributed by atoms with van der Waals surface area (Å²) in [5.41, 5.74) is 3.74. The Morgan fingerprint density at radius 3 is 2.68 bits per heavy atom. The Morgan fingerprint density at radius 2 is 1.97 bits per heavy atom. The number of benzene rings is 2. The minimum Gasteiger partial charge on any atom is -0.508 e. The summed E-state index contributed by atoms with van der Waals surface area (Å²) < 4.78 is 24.6. The number of rotatable bonds is 8. The Balaban J connectivity index is 1.47. The molecule has 2 N–H and O–H groups in total. The Kier molecular flexibility index (Phi) is 6.59. The lowest BCUT2D eigenvalue weighted by molar-refractivity contribution is 0.0668. The van der Waals surface area contributed by atoms with Crippen LogP contribution in [0.15, 0.2) is 60.2 Å². The predicted molar refractivity (Wildman–Crippen MR) is 118 cm³/mol. The zero-order valence-electron chi connectivity index (χ0n) is 17.6. The van der Waals surface area contributed by atoms with Crippen LogP contribution >= 0.6 is 0 Å². The van der Waals surface area contributed by atoms with E-state index in [9.17, 15) is 14.6 Å². The van der Waals surface area contributed by atoms with Crippen molar-refractivity contribution >= 4 is 5.57 Å². The summed E-state index contributed by atoms with van der Waals surface area (Å²) in [6.07, 6.45) is 3.23. The standard InChI is InChI=1S/C25H28FNO4/c1-17-22(3-2-11-28)25(31-24-9-6-20(29)13-23(17)24)19-4-7-21(8-5-19)30-12-10-27-15-18(14-26)16-27/h2-9,13,18,25,28-29H,10-12,14-16H2,1H3. The highest BCUT2D eigenvalue weighted by Crippen LogP contribution is 2.43. The highest BCUT2D eigenvalue weighted by molar-refractivity contribution is 5.77. The summed E-state index contributed by atoms with van der Waals surface area (Å²) in [5.74, 6) is 1.86. The fourth-order valence-corrected chi connectivity index (χ4v) is 4.08. The van der Waals surface area contributed by atoms with Crippen molar-refractivity contribution in [2.45, 2.75) is 13.0 Å². The Hall–Kier alpha value is -2.83. The number of hydrogen-bond acceptors (Lipinski definition) is 5. The molecule has 0 spiro atoms. The molecule has 2 aromatic rings. The molecule has 2 aromatic carbocycles. The van der Waals surface area contributed by atoms with Crippen molar-refractivity contribution in [3.8, 4) is 17.2 Å². The molecule has 2 heterocycles. The number of phenolic OH excluding ortho intramolecular Hbond substituents is 1. The topological polar surface area (TPSA) is 62.2 Å². The van der Waals surface area contributed by atoms with Crippen molar-refractivity contribution in [1.29, 1.82) is 0 Å². The van der Waals surface area contributed by atoms with E-state index in [2.05, 4.69) is 4.90 Å². The van der Waals surface area contributed by atoms with Gasteiger partial charge in [0.2, 0.25) is 0 Å². The van der Waals surface area contributed by atoms with Crippen LogP contribution in [-0.2, 0) is 0 Å². The van der Waals surface area contributed by atoms with Crippen molar-refractivity contribution in [3.63, 3.8) is 0 Å². The maximum absolute atomic E-state index is 12.5. The third kappa shape index (κ3) is 4.75. The largest absolute Gasteiger partial charge is 0.508 e. The van der Waals surface area contributed by atoms with E-state index in [4.69, 9.17) is 9.47 Å². The van der Waals surface area contributed by atoms with Gasteiger partial charge in [-0.15, -0.1) is 0 Å². The van der Waals surface area contributed by atoms with Gasteiger partial charge < -0.3 is 19.7 Å². The van der Waals surface area contributed by atoms with Crippen LogP contribution in [0.3, 0.4) is 0 Å². The van der Waals surface area contributed by atoms with E-state index in [0.717, 1.165) is 47.7 Å². The summed E-state index contributed by atoms with van der Waals surface area (Å²) in [5, 5.41) is 19.1. The second-order valence-electron chi connectivity index (χ2n) is 8.04. The zero-order valence-corrected chi connectivity index (χ0v) is 17.6. The fourth-order valence-electron chi connectivity index (χ4n) is 4.08. The van der Waals surface area contributed by atoms with Crippen LogP contribution in [0.25, 0.3) is 5.57 Å². The van der Waals surface area contributed by atoms with Gasteiger partial charge in [0.05, 0.1) is 13.3 Å². The van der Waals surface area contributed by atoms with Crippen LogP contribution in [0.2, 0.25) is 0 Å². The number of phenols is 1. The van der Waals surface area contributed by atoms with E-state index in [-0.39, 0.29) is 31.1 Å². The molecule has 6 heteroatoms. The first-order chi connectivity index (χ1) is 15.1. The molecule has 5 nitrogen and oxygen atoms in total. The number of halogens is 1. The quantitative estimate of drug-likeness (QED) is 0.666. The lowest BCUT2D eigenvalue weighted by atomic mass is 9.90. The van der Waals surface area contributed by atoms with Crippen molar-refractivity contribution in [1.82, 2.24) is 4.90 Å². The first-order valence-electron chi connectivity index (χ1n) is 10.6.